The summed E-state index contributed by atoms with van der Waals surface area (Å²) in [7, 11) is 1.71. The molecule has 7 heteroatoms. The van der Waals surface area contributed by atoms with Gasteiger partial charge in [0, 0.05) is 36.6 Å². The Labute approximate surface area is 160 Å². The standard InChI is InChI=1S/C20H27N5O2/c1-14-11-15(2)22-20(21-14)24-23-16(3)17-5-6-19(26-4)18(12-17)13-25-7-9-27-10-8-25/h5-6,11-12H,7-10,13H2,1-4H3,(H,21,22,24)/b23-16-. The molecule has 2 heterocycles. The minimum absolute atomic E-state index is 0.508. The van der Waals surface area contributed by atoms with Crippen molar-refractivity contribution in [1.82, 2.24) is 14.9 Å². The maximum atomic E-state index is 5.54. The van der Waals surface area contributed by atoms with Gasteiger partial charge in [-0.15, -0.1) is 0 Å². The van der Waals surface area contributed by atoms with Crippen LogP contribution in [0.5, 0.6) is 5.75 Å². The van der Waals surface area contributed by atoms with Crippen LogP contribution in [0.3, 0.4) is 0 Å². The first-order chi connectivity index (χ1) is 13.0. The second kappa shape index (κ2) is 8.92. The van der Waals surface area contributed by atoms with Gasteiger partial charge in [-0.25, -0.2) is 15.4 Å². The number of benzene rings is 1. The van der Waals surface area contributed by atoms with Crippen molar-refractivity contribution in [3.63, 3.8) is 0 Å². The number of anilines is 1. The molecule has 1 aliphatic heterocycles. The minimum Gasteiger partial charge on any atom is -0.496 e. The number of aryl methyl sites for hydroxylation is 2. The summed E-state index contributed by atoms with van der Waals surface area (Å²) in [4.78, 5) is 11.1. The summed E-state index contributed by atoms with van der Waals surface area (Å²) >= 11 is 0. The van der Waals surface area contributed by atoms with Crippen LogP contribution < -0.4 is 10.2 Å². The SMILES string of the molecule is COc1ccc(/C(C)=N\Nc2nc(C)cc(C)n2)cc1CN1CCOCC1. The lowest BCUT2D eigenvalue weighted by atomic mass is 10.1. The Morgan fingerprint density at radius 3 is 2.56 bits per heavy atom. The smallest absolute Gasteiger partial charge is 0.243 e. The molecule has 0 unspecified atom stereocenters. The summed E-state index contributed by atoms with van der Waals surface area (Å²) in [5, 5.41) is 4.46. The highest BCUT2D eigenvalue weighted by Gasteiger charge is 2.14. The molecular weight excluding hydrogens is 342 g/mol. The molecule has 0 atom stereocenters. The Bertz CT molecular complexity index is 796. The summed E-state index contributed by atoms with van der Waals surface area (Å²) in [5.74, 6) is 1.40. The predicted molar refractivity (Wildman–Crippen MR) is 106 cm³/mol. The fourth-order valence-corrected chi connectivity index (χ4v) is 3.10. The lowest BCUT2D eigenvalue weighted by molar-refractivity contribution is 0.0339. The quantitative estimate of drug-likeness (QED) is 0.624. The van der Waals surface area contributed by atoms with Crippen LogP contribution in [0.1, 0.15) is 29.4 Å². The highest BCUT2D eigenvalue weighted by molar-refractivity contribution is 5.99. The zero-order valence-corrected chi connectivity index (χ0v) is 16.5. The fraction of sp³-hybridized carbons (Fsp3) is 0.450. The molecule has 0 aliphatic carbocycles. The molecule has 1 aromatic heterocycles. The van der Waals surface area contributed by atoms with Gasteiger partial charge in [-0.3, -0.25) is 4.90 Å². The Morgan fingerprint density at radius 2 is 1.89 bits per heavy atom. The number of ether oxygens (including phenoxy) is 2. The monoisotopic (exact) mass is 369 g/mol. The lowest BCUT2D eigenvalue weighted by Gasteiger charge is -2.27. The number of hydrogen-bond donors (Lipinski definition) is 1. The molecule has 1 aromatic carbocycles. The molecule has 1 aliphatic rings. The van der Waals surface area contributed by atoms with E-state index in [1.54, 1.807) is 7.11 Å². The number of nitrogens with zero attached hydrogens (tertiary/aromatic N) is 4. The van der Waals surface area contributed by atoms with Crippen LogP contribution in [-0.2, 0) is 11.3 Å². The summed E-state index contributed by atoms with van der Waals surface area (Å²) in [6.07, 6.45) is 0. The van der Waals surface area contributed by atoms with Gasteiger partial charge in [-0.05, 0) is 50.6 Å². The molecule has 2 aromatic rings. The van der Waals surface area contributed by atoms with Crippen LogP contribution in [0.15, 0.2) is 29.4 Å². The highest BCUT2D eigenvalue weighted by Crippen LogP contribution is 2.22. The van der Waals surface area contributed by atoms with Crippen LogP contribution in [0.2, 0.25) is 0 Å². The second-order valence-corrected chi connectivity index (χ2v) is 6.70. The average molecular weight is 369 g/mol. The van der Waals surface area contributed by atoms with E-state index in [4.69, 9.17) is 9.47 Å². The third-order valence-electron chi connectivity index (χ3n) is 4.50. The van der Waals surface area contributed by atoms with Gasteiger partial charge in [-0.2, -0.15) is 5.10 Å². The van der Waals surface area contributed by atoms with Gasteiger partial charge in [0.25, 0.3) is 0 Å². The highest BCUT2D eigenvalue weighted by atomic mass is 16.5. The zero-order chi connectivity index (χ0) is 19.2. The Kier molecular flexibility index (Phi) is 6.36. The van der Waals surface area contributed by atoms with Gasteiger partial charge < -0.3 is 9.47 Å². The van der Waals surface area contributed by atoms with Crippen LogP contribution >= 0.6 is 0 Å². The van der Waals surface area contributed by atoms with Gasteiger partial charge in [0.15, 0.2) is 0 Å². The van der Waals surface area contributed by atoms with E-state index < -0.39 is 0 Å². The maximum Gasteiger partial charge on any atom is 0.243 e. The molecule has 27 heavy (non-hydrogen) atoms. The van der Waals surface area contributed by atoms with Gasteiger partial charge in [0.2, 0.25) is 5.95 Å². The number of nitrogens with one attached hydrogen (secondary N) is 1. The van der Waals surface area contributed by atoms with Crippen molar-refractivity contribution in [3.05, 3.63) is 46.8 Å². The van der Waals surface area contributed by atoms with Gasteiger partial charge in [0.05, 0.1) is 26.0 Å². The maximum absolute atomic E-state index is 5.54. The molecule has 0 bridgehead atoms. The van der Waals surface area contributed by atoms with Crippen LogP contribution in [-0.4, -0.2) is 54.0 Å². The van der Waals surface area contributed by atoms with E-state index in [0.29, 0.717) is 5.95 Å². The molecule has 0 saturated carbocycles. The van der Waals surface area contributed by atoms with Crippen molar-refractivity contribution >= 4 is 11.7 Å². The molecular formula is C20H27N5O2. The fourth-order valence-electron chi connectivity index (χ4n) is 3.10. The number of rotatable bonds is 6. The van der Waals surface area contributed by atoms with E-state index in [-0.39, 0.29) is 0 Å². The number of hydrazone groups is 1. The number of hydrogen-bond acceptors (Lipinski definition) is 7. The van der Waals surface area contributed by atoms with E-state index in [1.807, 2.05) is 39.0 Å². The molecule has 1 N–H and O–H groups in total. The Morgan fingerprint density at radius 1 is 1.19 bits per heavy atom. The van der Waals surface area contributed by atoms with Crippen molar-refractivity contribution in [2.75, 3.05) is 38.8 Å². The first kappa shape index (κ1) is 19.3. The number of morpholine rings is 1. The van der Waals surface area contributed by atoms with Crippen molar-refractivity contribution in [2.45, 2.75) is 27.3 Å². The van der Waals surface area contributed by atoms with E-state index >= 15 is 0 Å². The molecule has 0 amide bonds. The number of methoxy groups -OCH3 is 1. The van der Waals surface area contributed by atoms with Gasteiger partial charge >= 0.3 is 0 Å². The van der Waals surface area contributed by atoms with Crippen LogP contribution in [0, 0.1) is 13.8 Å². The molecule has 0 spiro atoms. The first-order valence-corrected chi connectivity index (χ1v) is 9.15. The Hall–Kier alpha value is -2.51. The summed E-state index contributed by atoms with van der Waals surface area (Å²) in [5.41, 5.74) is 7.84. The normalized spacial score (nSPS) is 15.6. The molecule has 7 nitrogen and oxygen atoms in total. The predicted octanol–water partition coefficient (Wildman–Crippen LogP) is 2.77. The Balaban J connectivity index is 1.77. The molecule has 0 radical (unpaired) electrons. The van der Waals surface area contributed by atoms with E-state index in [1.165, 1.54) is 0 Å². The van der Waals surface area contributed by atoms with Crippen LogP contribution in [0.4, 0.5) is 5.95 Å². The van der Waals surface area contributed by atoms with Crippen molar-refractivity contribution in [3.8, 4) is 5.75 Å². The largest absolute Gasteiger partial charge is 0.496 e. The zero-order valence-electron chi connectivity index (χ0n) is 16.5. The average Bonchev–Trinajstić information content (AvgIpc) is 2.66. The van der Waals surface area contributed by atoms with E-state index in [2.05, 4.69) is 31.5 Å². The molecule has 1 fully saturated rings. The first-order valence-electron chi connectivity index (χ1n) is 9.15. The van der Waals surface area contributed by atoms with Crippen molar-refractivity contribution in [1.29, 1.82) is 0 Å². The lowest BCUT2D eigenvalue weighted by Crippen LogP contribution is -2.35. The third kappa shape index (κ3) is 5.24. The van der Waals surface area contributed by atoms with Gasteiger partial charge in [0.1, 0.15) is 5.75 Å². The van der Waals surface area contributed by atoms with Gasteiger partial charge in [-0.1, -0.05) is 0 Å². The summed E-state index contributed by atoms with van der Waals surface area (Å²) in [6, 6.07) is 8.09. The second-order valence-electron chi connectivity index (χ2n) is 6.70. The molecule has 144 valence electrons. The minimum atomic E-state index is 0.508. The van der Waals surface area contributed by atoms with E-state index in [0.717, 1.165) is 66.8 Å². The van der Waals surface area contributed by atoms with Crippen LogP contribution in [0.25, 0.3) is 0 Å². The summed E-state index contributed by atoms with van der Waals surface area (Å²) < 4.78 is 11.0. The van der Waals surface area contributed by atoms with Crippen molar-refractivity contribution < 1.29 is 9.47 Å². The van der Waals surface area contributed by atoms with E-state index in [9.17, 15) is 0 Å². The third-order valence-corrected chi connectivity index (χ3v) is 4.50. The molecule has 1 saturated heterocycles. The summed E-state index contributed by atoms with van der Waals surface area (Å²) in [6.45, 7) is 10.1. The number of aromatic nitrogens is 2. The molecule has 3 rings (SSSR count). The topological polar surface area (TPSA) is 71.9 Å². The van der Waals surface area contributed by atoms with Crippen molar-refractivity contribution in [2.24, 2.45) is 5.10 Å².